The summed E-state index contributed by atoms with van der Waals surface area (Å²) < 4.78 is 153. The predicted octanol–water partition coefficient (Wildman–Crippen LogP) is 9.42. The van der Waals surface area contributed by atoms with Crippen molar-refractivity contribution in [3.05, 3.63) is 88.7 Å². The van der Waals surface area contributed by atoms with E-state index in [0.29, 0.717) is 12.0 Å². The molecular weight excluding hydrogens is 598 g/mol. The number of aryl methyl sites for hydroxylation is 2. The zero-order chi connectivity index (χ0) is 31.3. The lowest BCUT2D eigenvalue weighted by Gasteiger charge is -2.32. The molecule has 0 N–H and O–H groups in total. The summed E-state index contributed by atoms with van der Waals surface area (Å²) in [6, 6.07) is 8.49. The first-order chi connectivity index (χ1) is 20.2. The van der Waals surface area contributed by atoms with Crippen LogP contribution in [0.3, 0.4) is 0 Å². The number of ether oxygens (including phenoxy) is 3. The maximum absolute atomic E-state index is 15.5. The molecule has 3 nitrogen and oxygen atoms in total. The Balaban J connectivity index is 1.37. The van der Waals surface area contributed by atoms with Crippen molar-refractivity contribution in [3.63, 3.8) is 0 Å². The van der Waals surface area contributed by atoms with Gasteiger partial charge in [0.1, 0.15) is 17.3 Å². The zero-order valence-corrected chi connectivity index (χ0v) is 22.0. The summed E-state index contributed by atoms with van der Waals surface area (Å²) in [6.45, 7) is 1.79. The highest BCUT2D eigenvalue weighted by Crippen LogP contribution is 2.40. The Morgan fingerprint density at radius 2 is 1.51 bits per heavy atom. The number of hydrogen-bond donors (Lipinski definition) is 0. The third-order valence-corrected chi connectivity index (χ3v) is 6.85. The van der Waals surface area contributed by atoms with Crippen LogP contribution in [-0.2, 0) is 12.8 Å². The topological polar surface area (TPSA) is 27.7 Å². The van der Waals surface area contributed by atoms with Crippen LogP contribution in [0.1, 0.15) is 30.9 Å². The van der Waals surface area contributed by atoms with Crippen molar-refractivity contribution in [2.75, 3.05) is 0 Å². The number of benzene rings is 4. The summed E-state index contributed by atoms with van der Waals surface area (Å²) in [5.74, 6) is -10.3. The second-order valence-electron chi connectivity index (χ2n) is 9.83. The highest BCUT2D eigenvalue weighted by Gasteiger charge is 2.46. The van der Waals surface area contributed by atoms with Crippen LogP contribution in [0.4, 0.5) is 43.9 Å². The minimum absolute atomic E-state index is 0.0443. The molecule has 13 heteroatoms. The molecule has 0 radical (unpaired) electrons. The van der Waals surface area contributed by atoms with E-state index in [2.05, 4.69) is 9.47 Å². The molecule has 1 heterocycles. The normalized spacial score (nSPS) is 15.3. The lowest BCUT2D eigenvalue weighted by atomic mass is 9.94. The molecule has 1 aliphatic heterocycles. The fraction of sp³-hybridized carbons (Fsp3) is 0.267. The molecule has 0 aliphatic carbocycles. The molecule has 4 aromatic carbocycles. The zero-order valence-electron chi connectivity index (χ0n) is 22.0. The number of fused-ring (bicyclic) bond motifs is 2. The summed E-state index contributed by atoms with van der Waals surface area (Å²) >= 11 is 0. The Hall–Kier alpha value is -4.16. The third kappa shape index (κ3) is 6.02. The Morgan fingerprint density at radius 1 is 0.814 bits per heavy atom. The van der Waals surface area contributed by atoms with Crippen LogP contribution in [0.2, 0.25) is 0 Å². The molecule has 1 aliphatic rings. The second-order valence-corrected chi connectivity index (χ2v) is 9.83. The number of alkyl halides is 5. The van der Waals surface area contributed by atoms with Crippen LogP contribution in [-0.4, -0.2) is 18.6 Å². The number of hydrogen-bond acceptors (Lipinski definition) is 3. The number of rotatable bonds is 7. The van der Waals surface area contributed by atoms with Gasteiger partial charge in [0.2, 0.25) is 11.9 Å². The molecule has 5 rings (SSSR count). The van der Waals surface area contributed by atoms with Gasteiger partial charge >= 0.3 is 12.5 Å². The van der Waals surface area contributed by atoms with E-state index < -0.39 is 64.5 Å². The Labute approximate surface area is 237 Å². The first-order valence-corrected chi connectivity index (χ1v) is 12.9. The standard InChI is InChI=1S/C30H20F10O3/c1-2-3-17-11-16-4-7-19(26(34)24(16)27(35)25(17)33)14-5-8-22-15(10-14)6-9-23(41-22)29(36,37)42-18-12-20(31)28(21(32)13-18)43-30(38,39)40/h4-5,7-8,10-13,23H,2-3,6,9H2,1H3. The van der Waals surface area contributed by atoms with Gasteiger partial charge in [0.05, 0.1) is 5.39 Å². The van der Waals surface area contributed by atoms with Crippen molar-refractivity contribution in [1.29, 1.82) is 0 Å². The lowest BCUT2D eigenvalue weighted by Crippen LogP contribution is -2.45. The largest absolute Gasteiger partial charge is 0.573 e. The van der Waals surface area contributed by atoms with Crippen LogP contribution in [0.15, 0.2) is 48.5 Å². The molecule has 0 bridgehead atoms. The van der Waals surface area contributed by atoms with Crippen LogP contribution in [0.5, 0.6) is 17.2 Å². The van der Waals surface area contributed by atoms with Crippen LogP contribution in [0, 0.1) is 29.1 Å². The Kier molecular flexibility index (Phi) is 7.86. The average Bonchev–Trinajstić information content (AvgIpc) is 2.92. The van der Waals surface area contributed by atoms with Crippen LogP contribution < -0.4 is 14.2 Å². The van der Waals surface area contributed by atoms with Crippen molar-refractivity contribution in [2.24, 2.45) is 0 Å². The highest BCUT2D eigenvalue weighted by molar-refractivity contribution is 5.89. The van der Waals surface area contributed by atoms with Gasteiger partial charge in [0, 0.05) is 17.7 Å². The molecule has 0 spiro atoms. The van der Waals surface area contributed by atoms with E-state index in [4.69, 9.17) is 4.74 Å². The van der Waals surface area contributed by atoms with Gasteiger partial charge in [0.15, 0.2) is 23.3 Å². The van der Waals surface area contributed by atoms with Gasteiger partial charge in [-0.3, -0.25) is 0 Å². The minimum Gasteiger partial charge on any atom is -0.480 e. The summed E-state index contributed by atoms with van der Waals surface area (Å²) in [5, 5.41) is -0.344. The SMILES string of the molecule is CCCc1cc2ccc(-c3ccc4c(c3)CCC(C(F)(F)Oc3cc(F)c(OC(F)(F)F)c(F)c3)O4)c(F)c2c(F)c1F. The monoisotopic (exact) mass is 618 g/mol. The quantitative estimate of drug-likeness (QED) is 0.193. The molecule has 0 saturated carbocycles. The first kappa shape index (κ1) is 30.3. The Bertz CT molecular complexity index is 1680. The van der Waals surface area contributed by atoms with Gasteiger partial charge in [-0.15, -0.1) is 13.2 Å². The van der Waals surface area contributed by atoms with E-state index in [9.17, 15) is 39.5 Å². The summed E-state index contributed by atoms with van der Waals surface area (Å²) in [5.41, 5.74) is 0.686. The lowest BCUT2D eigenvalue weighted by molar-refractivity contribution is -0.276. The van der Waals surface area contributed by atoms with E-state index in [-0.39, 0.29) is 59.2 Å². The van der Waals surface area contributed by atoms with Gasteiger partial charge in [-0.2, -0.15) is 8.78 Å². The molecule has 0 saturated heterocycles. The first-order valence-electron chi connectivity index (χ1n) is 12.9. The number of halogens is 10. The van der Waals surface area contributed by atoms with E-state index >= 15 is 4.39 Å². The molecule has 0 amide bonds. The summed E-state index contributed by atoms with van der Waals surface area (Å²) in [7, 11) is 0. The summed E-state index contributed by atoms with van der Waals surface area (Å²) in [4.78, 5) is 0. The van der Waals surface area contributed by atoms with Crippen molar-refractivity contribution < 1.29 is 58.1 Å². The fourth-order valence-corrected chi connectivity index (χ4v) is 4.93. The van der Waals surface area contributed by atoms with E-state index in [1.54, 1.807) is 6.92 Å². The maximum atomic E-state index is 15.5. The highest BCUT2D eigenvalue weighted by atomic mass is 19.4. The maximum Gasteiger partial charge on any atom is 0.573 e. The van der Waals surface area contributed by atoms with Gasteiger partial charge < -0.3 is 14.2 Å². The second kappa shape index (κ2) is 11.2. The van der Waals surface area contributed by atoms with Crippen molar-refractivity contribution >= 4 is 10.8 Å². The van der Waals surface area contributed by atoms with Gasteiger partial charge in [0.25, 0.3) is 0 Å². The molecule has 0 aromatic heterocycles. The predicted molar refractivity (Wildman–Crippen MR) is 135 cm³/mol. The fourth-order valence-electron chi connectivity index (χ4n) is 4.93. The minimum atomic E-state index is -5.43. The van der Waals surface area contributed by atoms with Crippen LogP contribution >= 0.6 is 0 Å². The third-order valence-electron chi connectivity index (χ3n) is 6.85. The van der Waals surface area contributed by atoms with Crippen molar-refractivity contribution in [3.8, 4) is 28.4 Å². The van der Waals surface area contributed by atoms with E-state index in [1.165, 1.54) is 36.4 Å². The molecule has 1 unspecified atom stereocenters. The van der Waals surface area contributed by atoms with Crippen LogP contribution in [0.25, 0.3) is 21.9 Å². The van der Waals surface area contributed by atoms with E-state index in [0.717, 1.165) is 0 Å². The van der Waals surface area contributed by atoms with Gasteiger partial charge in [-0.1, -0.05) is 31.5 Å². The molecule has 4 aromatic rings. The smallest absolute Gasteiger partial charge is 0.480 e. The van der Waals surface area contributed by atoms with E-state index in [1.807, 2.05) is 0 Å². The molecule has 228 valence electrons. The van der Waals surface area contributed by atoms with Gasteiger partial charge in [-0.25, -0.2) is 22.0 Å². The van der Waals surface area contributed by atoms with Crippen molar-refractivity contribution in [2.45, 2.75) is 51.2 Å². The molecule has 0 fully saturated rings. The molecule has 43 heavy (non-hydrogen) atoms. The van der Waals surface area contributed by atoms with Gasteiger partial charge in [-0.05, 0) is 59.5 Å². The van der Waals surface area contributed by atoms with Crippen molar-refractivity contribution in [1.82, 2.24) is 0 Å². The molecular formula is C30H20F10O3. The molecule has 1 atom stereocenters. The Morgan fingerprint density at radius 3 is 2.16 bits per heavy atom. The average molecular weight is 618 g/mol. The summed E-state index contributed by atoms with van der Waals surface area (Å²) in [6.07, 6.45) is -11.2.